The minimum absolute atomic E-state index is 0.173. The van der Waals surface area contributed by atoms with Crippen LogP contribution in [0.5, 0.6) is 0 Å². The first kappa shape index (κ1) is 21.7. The lowest BCUT2D eigenvalue weighted by molar-refractivity contribution is -0.130. The van der Waals surface area contributed by atoms with E-state index in [1.54, 1.807) is 47.0 Å². The first-order valence-corrected chi connectivity index (χ1v) is 9.26. The highest BCUT2D eigenvalue weighted by Gasteiger charge is 2.25. The van der Waals surface area contributed by atoms with Crippen molar-refractivity contribution in [2.45, 2.75) is 38.8 Å². The van der Waals surface area contributed by atoms with Crippen molar-refractivity contribution in [1.29, 1.82) is 0 Å². The van der Waals surface area contributed by atoms with Gasteiger partial charge in [0.2, 0.25) is 5.91 Å². The lowest BCUT2D eigenvalue weighted by Crippen LogP contribution is -2.48. The number of rotatable bonds is 6. The topological polar surface area (TPSA) is 125 Å². The Labute approximate surface area is 153 Å². The SMILES string of the molecule is CN(C)C(=O)[C@H](Cc1ccc(NS(=O)(=O)O)cc1)NC(=O)OC(C)(C)C. The maximum atomic E-state index is 12.3. The number of ether oxygens (including phenoxy) is 1. The number of carbonyl (C=O) groups is 2. The Morgan fingerprint density at radius 2 is 1.73 bits per heavy atom. The smallest absolute Gasteiger partial charge is 0.408 e. The van der Waals surface area contributed by atoms with Gasteiger partial charge in [-0.1, -0.05) is 12.1 Å². The molecule has 0 radical (unpaired) electrons. The van der Waals surface area contributed by atoms with E-state index in [9.17, 15) is 18.0 Å². The number of nitrogens with zero attached hydrogens (tertiary/aromatic N) is 1. The molecule has 9 nitrogen and oxygen atoms in total. The average molecular weight is 387 g/mol. The maximum absolute atomic E-state index is 12.3. The highest BCUT2D eigenvalue weighted by Crippen LogP contribution is 2.14. The molecule has 0 aliphatic heterocycles. The third-order valence-electron chi connectivity index (χ3n) is 3.07. The number of alkyl carbamates (subject to hydrolysis) is 1. The molecule has 0 saturated carbocycles. The lowest BCUT2D eigenvalue weighted by Gasteiger charge is -2.25. The number of benzene rings is 1. The fraction of sp³-hybridized carbons (Fsp3) is 0.500. The summed E-state index contributed by atoms with van der Waals surface area (Å²) < 4.78 is 37.5. The van der Waals surface area contributed by atoms with Crippen LogP contribution in [-0.4, -0.2) is 55.6 Å². The van der Waals surface area contributed by atoms with E-state index in [1.165, 1.54) is 17.0 Å². The van der Waals surface area contributed by atoms with Gasteiger partial charge >= 0.3 is 16.4 Å². The van der Waals surface area contributed by atoms with E-state index in [-0.39, 0.29) is 18.0 Å². The third-order valence-corrected chi connectivity index (χ3v) is 3.56. The van der Waals surface area contributed by atoms with Gasteiger partial charge in [-0.25, -0.2) is 4.79 Å². The lowest BCUT2D eigenvalue weighted by atomic mass is 10.0. The molecule has 26 heavy (non-hydrogen) atoms. The van der Waals surface area contributed by atoms with Crippen molar-refractivity contribution < 1.29 is 27.3 Å². The summed E-state index contributed by atoms with van der Waals surface area (Å²) in [5, 5.41) is 2.55. The molecule has 0 spiro atoms. The summed E-state index contributed by atoms with van der Waals surface area (Å²) in [5.41, 5.74) is 0.160. The quantitative estimate of drug-likeness (QED) is 0.634. The number of likely N-dealkylation sites (N-methyl/N-ethyl adjacent to an activating group) is 1. The van der Waals surface area contributed by atoms with Gasteiger partial charge in [-0.3, -0.25) is 14.1 Å². The predicted octanol–water partition coefficient (Wildman–Crippen LogP) is 1.43. The van der Waals surface area contributed by atoms with Crippen molar-refractivity contribution in [2.24, 2.45) is 0 Å². The standard InChI is InChI=1S/C16H25N3O6S/c1-16(2,3)25-15(21)17-13(14(20)19(4)5)10-11-6-8-12(9-7-11)18-26(22,23)24/h6-9,13,18H,10H2,1-5H3,(H,17,21)(H,22,23,24)/t13-/m0/s1. The monoisotopic (exact) mass is 387 g/mol. The molecule has 146 valence electrons. The number of hydrogen-bond acceptors (Lipinski definition) is 5. The Morgan fingerprint density at radius 1 is 1.19 bits per heavy atom. The van der Waals surface area contributed by atoms with Crippen LogP contribution in [0.3, 0.4) is 0 Å². The fourth-order valence-electron chi connectivity index (χ4n) is 2.06. The predicted molar refractivity (Wildman–Crippen MR) is 97.2 cm³/mol. The van der Waals surface area contributed by atoms with Gasteiger partial charge in [0.15, 0.2) is 0 Å². The molecule has 3 N–H and O–H groups in total. The molecule has 0 fully saturated rings. The first-order valence-electron chi connectivity index (χ1n) is 7.82. The minimum Gasteiger partial charge on any atom is -0.444 e. The molecular weight excluding hydrogens is 362 g/mol. The van der Waals surface area contributed by atoms with E-state index in [4.69, 9.17) is 9.29 Å². The maximum Gasteiger partial charge on any atom is 0.408 e. The van der Waals surface area contributed by atoms with E-state index in [1.807, 2.05) is 4.72 Å². The van der Waals surface area contributed by atoms with Crippen molar-refractivity contribution in [2.75, 3.05) is 18.8 Å². The second kappa shape index (κ2) is 8.37. The number of nitrogens with one attached hydrogen (secondary N) is 2. The van der Waals surface area contributed by atoms with Crippen molar-refractivity contribution in [3.8, 4) is 0 Å². The molecule has 0 aliphatic carbocycles. The van der Waals surface area contributed by atoms with Gasteiger partial charge in [0.05, 0.1) is 5.69 Å². The van der Waals surface area contributed by atoms with Gasteiger partial charge in [-0.2, -0.15) is 8.42 Å². The van der Waals surface area contributed by atoms with E-state index in [2.05, 4.69) is 5.32 Å². The zero-order valence-corrected chi connectivity index (χ0v) is 16.3. The van der Waals surface area contributed by atoms with E-state index < -0.39 is 28.0 Å². The normalized spacial score (nSPS) is 12.8. The van der Waals surface area contributed by atoms with Gasteiger partial charge in [0.25, 0.3) is 0 Å². The Hall–Kier alpha value is -2.33. The Morgan fingerprint density at radius 3 is 2.15 bits per heavy atom. The summed E-state index contributed by atoms with van der Waals surface area (Å²) in [4.78, 5) is 25.7. The van der Waals surface area contributed by atoms with E-state index in [0.717, 1.165) is 0 Å². The second-order valence-electron chi connectivity index (χ2n) is 6.91. The summed E-state index contributed by atoms with van der Waals surface area (Å²) >= 11 is 0. The highest BCUT2D eigenvalue weighted by molar-refractivity contribution is 7.87. The number of anilines is 1. The van der Waals surface area contributed by atoms with Gasteiger partial charge in [-0.15, -0.1) is 0 Å². The van der Waals surface area contributed by atoms with Crippen molar-refractivity contribution in [1.82, 2.24) is 10.2 Å². The Balaban J connectivity index is 2.89. The van der Waals surface area contributed by atoms with Crippen LogP contribution in [0.25, 0.3) is 0 Å². The summed E-state index contributed by atoms with van der Waals surface area (Å²) in [6, 6.07) is 5.20. The van der Waals surface area contributed by atoms with Crippen LogP contribution in [0.15, 0.2) is 24.3 Å². The van der Waals surface area contributed by atoms with Crippen LogP contribution in [0.4, 0.5) is 10.5 Å². The summed E-state index contributed by atoms with van der Waals surface area (Å²) in [5.74, 6) is -0.309. The zero-order chi connectivity index (χ0) is 20.1. The molecule has 1 atom stereocenters. The molecule has 10 heteroatoms. The molecule has 0 aromatic heterocycles. The van der Waals surface area contributed by atoms with E-state index >= 15 is 0 Å². The molecule has 1 aromatic rings. The second-order valence-corrected chi connectivity index (χ2v) is 8.06. The third kappa shape index (κ3) is 8.17. The van der Waals surface area contributed by atoms with Crippen LogP contribution in [0.1, 0.15) is 26.3 Å². The summed E-state index contributed by atoms with van der Waals surface area (Å²) in [7, 11) is -1.21. The van der Waals surface area contributed by atoms with Gasteiger partial charge in [0.1, 0.15) is 11.6 Å². The van der Waals surface area contributed by atoms with Crippen molar-refractivity contribution in [3.63, 3.8) is 0 Å². The van der Waals surface area contributed by atoms with Gasteiger partial charge < -0.3 is 15.0 Å². The molecule has 0 heterocycles. The molecular formula is C16H25N3O6S. The van der Waals surface area contributed by atoms with Crippen LogP contribution in [0.2, 0.25) is 0 Å². The minimum atomic E-state index is -4.36. The van der Waals surface area contributed by atoms with Gasteiger partial charge in [0, 0.05) is 20.5 Å². The van der Waals surface area contributed by atoms with Crippen LogP contribution in [0, 0.1) is 0 Å². The van der Waals surface area contributed by atoms with Crippen LogP contribution >= 0.6 is 0 Å². The van der Waals surface area contributed by atoms with E-state index in [0.29, 0.717) is 5.56 Å². The molecule has 0 unspecified atom stereocenters. The van der Waals surface area contributed by atoms with Crippen molar-refractivity contribution >= 4 is 28.0 Å². The highest BCUT2D eigenvalue weighted by atomic mass is 32.2. The molecule has 0 saturated heterocycles. The molecule has 1 rings (SSSR count). The van der Waals surface area contributed by atoms with Crippen molar-refractivity contribution in [3.05, 3.63) is 29.8 Å². The number of amides is 2. The first-order chi connectivity index (χ1) is 11.8. The average Bonchev–Trinajstić information content (AvgIpc) is 2.44. The summed E-state index contributed by atoms with van der Waals surface area (Å²) in [6.45, 7) is 5.16. The van der Waals surface area contributed by atoms with Crippen LogP contribution < -0.4 is 10.0 Å². The van der Waals surface area contributed by atoms with Gasteiger partial charge in [-0.05, 0) is 38.5 Å². The molecule has 1 aromatic carbocycles. The largest absolute Gasteiger partial charge is 0.444 e. The fourth-order valence-corrected chi connectivity index (χ4v) is 2.49. The zero-order valence-electron chi connectivity index (χ0n) is 15.4. The summed E-state index contributed by atoms with van der Waals surface area (Å²) in [6.07, 6.45) is -0.523. The molecule has 0 bridgehead atoms. The Kier molecular flexibility index (Phi) is 6.99. The molecule has 2 amide bonds. The number of carbonyl (C=O) groups excluding carboxylic acids is 2. The number of hydrogen-bond donors (Lipinski definition) is 3. The Bertz CT molecular complexity index is 738. The molecule has 0 aliphatic rings. The van der Waals surface area contributed by atoms with Crippen LogP contribution in [-0.2, 0) is 26.3 Å².